The van der Waals surface area contributed by atoms with Gasteiger partial charge in [0.2, 0.25) is 5.91 Å². The van der Waals surface area contributed by atoms with Crippen molar-refractivity contribution in [3.8, 4) is 5.75 Å². The molecule has 3 heteroatoms. The van der Waals surface area contributed by atoms with E-state index in [1.54, 1.807) is 7.11 Å². The molecule has 0 saturated carbocycles. The Morgan fingerprint density at radius 3 is 2.67 bits per heavy atom. The zero-order valence-electron chi connectivity index (χ0n) is 11.7. The number of hydrogen-bond acceptors (Lipinski definition) is 2. The highest BCUT2D eigenvalue weighted by Crippen LogP contribution is 2.24. The largest absolute Gasteiger partial charge is 0.496 e. The minimum atomic E-state index is 0.0519. The van der Waals surface area contributed by atoms with Gasteiger partial charge in [0.05, 0.1) is 13.5 Å². The van der Waals surface area contributed by atoms with Gasteiger partial charge in [-0.2, -0.15) is 0 Å². The molecule has 0 heterocycles. The molecule has 1 aromatic rings. The second kappa shape index (κ2) is 7.04. The Balaban J connectivity index is 2.84. The summed E-state index contributed by atoms with van der Waals surface area (Å²) in [5, 5.41) is 2.89. The lowest BCUT2D eigenvalue weighted by atomic mass is 9.99. The average molecular weight is 249 g/mol. The zero-order valence-corrected chi connectivity index (χ0v) is 11.7. The van der Waals surface area contributed by atoms with E-state index in [0.29, 0.717) is 12.3 Å². The van der Waals surface area contributed by atoms with Crippen LogP contribution < -0.4 is 10.1 Å². The van der Waals surface area contributed by atoms with Crippen molar-refractivity contribution < 1.29 is 9.53 Å². The SMILES string of the molecule is CCCNC(=O)Cc1cc(C(C)C)ccc1OC. The second-order valence-electron chi connectivity index (χ2n) is 4.75. The molecule has 0 atom stereocenters. The summed E-state index contributed by atoms with van der Waals surface area (Å²) >= 11 is 0. The highest BCUT2D eigenvalue weighted by molar-refractivity contribution is 5.79. The Morgan fingerprint density at radius 1 is 1.39 bits per heavy atom. The lowest BCUT2D eigenvalue weighted by Crippen LogP contribution is -2.25. The van der Waals surface area contributed by atoms with Gasteiger partial charge < -0.3 is 10.1 Å². The third-order valence-electron chi connectivity index (χ3n) is 2.89. The number of carbonyl (C=O) groups excluding carboxylic acids is 1. The number of nitrogens with one attached hydrogen (secondary N) is 1. The minimum Gasteiger partial charge on any atom is -0.496 e. The van der Waals surface area contributed by atoms with E-state index in [2.05, 4.69) is 31.3 Å². The van der Waals surface area contributed by atoms with Crippen LogP contribution in [0, 0.1) is 0 Å². The third kappa shape index (κ3) is 4.06. The molecule has 0 aliphatic rings. The zero-order chi connectivity index (χ0) is 13.5. The summed E-state index contributed by atoms with van der Waals surface area (Å²) in [5.74, 6) is 1.29. The Hall–Kier alpha value is -1.51. The summed E-state index contributed by atoms with van der Waals surface area (Å²) in [6.45, 7) is 7.05. The van der Waals surface area contributed by atoms with Gasteiger partial charge in [0.1, 0.15) is 5.75 Å². The summed E-state index contributed by atoms with van der Waals surface area (Å²) in [5.41, 5.74) is 2.19. The molecule has 0 radical (unpaired) electrons. The predicted octanol–water partition coefficient (Wildman–Crippen LogP) is 2.89. The van der Waals surface area contributed by atoms with Crippen molar-refractivity contribution in [2.45, 2.75) is 39.5 Å². The molecular weight excluding hydrogens is 226 g/mol. The van der Waals surface area contributed by atoms with Crippen LogP contribution in [0.15, 0.2) is 18.2 Å². The third-order valence-corrected chi connectivity index (χ3v) is 2.89. The van der Waals surface area contributed by atoms with Gasteiger partial charge in [-0.25, -0.2) is 0 Å². The number of carbonyl (C=O) groups is 1. The molecule has 0 aliphatic carbocycles. The molecule has 0 aromatic heterocycles. The molecule has 0 fully saturated rings. The van der Waals surface area contributed by atoms with Crippen LogP contribution in [0.2, 0.25) is 0 Å². The van der Waals surface area contributed by atoms with Crippen LogP contribution in [0.3, 0.4) is 0 Å². The molecule has 1 aromatic carbocycles. The van der Waals surface area contributed by atoms with Crippen LogP contribution in [-0.4, -0.2) is 19.6 Å². The number of ether oxygens (including phenoxy) is 1. The molecule has 18 heavy (non-hydrogen) atoms. The number of rotatable bonds is 6. The maximum atomic E-state index is 11.8. The summed E-state index contributed by atoms with van der Waals surface area (Å²) < 4.78 is 5.31. The molecule has 0 aliphatic heterocycles. The smallest absolute Gasteiger partial charge is 0.224 e. The quantitative estimate of drug-likeness (QED) is 0.842. The summed E-state index contributed by atoms with van der Waals surface area (Å²) in [6, 6.07) is 6.06. The van der Waals surface area contributed by atoms with Crippen LogP contribution in [-0.2, 0) is 11.2 Å². The van der Waals surface area contributed by atoms with Crippen LogP contribution >= 0.6 is 0 Å². The van der Waals surface area contributed by atoms with Gasteiger partial charge in [-0.1, -0.05) is 32.9 Å². The van der Waals surface area contributed by atoms with Gasteiger partial charge in [-0.3, -0.25) is 4.79 Å². The highest BCUT2D eigenvalue weighted by atomic mass is 16.5. The number of methoxy groups -OCH3 is 1. The van der Waals surface area contributed by atoms with Crippen LogP contribution in [0.1, 0.15) is 44.2 Å². The van der Waals surface area contributed by atoms with E-state index in [4.69, 9.17) is 4.74 Å². The topological polar surface area (TPSA) is 38.3 Å². The second-order valence-corrected chi connectivity index (χ2v) is 4.75. The molecule has 3 nitrogen and oxygen atoms in total. The van der Waals surface area contributed by atoms with E-state index < -0.39 is 0 Å². The van der Waals surface area contributed by atoms with Crippen LogP contribution in [0.4, 0.5) is 0 Å². The Kier molecular flexibility index (Phi) is 5.69. The maximum absolute atomic E-state index is 11.8. The van der Waals surface area contributed by atoms with Crippen molar-refractivity contribution in [1.82, 2.24) is 5.32 Å². The summed E-state index contributed by atoms with van der Waals surface area (Å²) in [6.07, 6.45) is 1.33. The van der Waals surface area contributed by atoms with E-state index in [9.17, 15) is 4.79 Å². The van der Waals surface area contributed by atoms with Gasteiger partial charge in [-0.15, -0.1) is 0 Å². The van der Waals surface area contributed by atoms with Gasteiger partial charge in [0.15, 0.2) is 0 Å². The Labute approximate surface area is 110 Å². The van der Waals surface area contributed by atoms with Crippen molar-refractivity contribution in [2.75, 3.05) is 13.7 Å². The molecular formula is C15H23NO2. The fourth-order valence-corrected chi connectivity index (χ4v) is 1.80. The van der Waals surface area contributed by atoms with Crippen molar-refractivity contribution in [3.05, 3.63) is 29.3 Å². The summed E-state index contributed by atoms with van der Waals surface area (Å²) in [4.78, 5) is 11.8. The van der Waals surface area contributed by atoms with Crippen LogP contribution in [0.5, 0.6) is 5.75 Å². The first kappa shape index (κ1) is 14.6. The molecule has 1 rings (SSSR count). The normalized spacial score (nSPS) is 10.5. The first-order chi connectivity index (χ1) is 8.58. The average Bonchev–Trinajstić information content (AvgIpc) is 2.36. The minimum absolute atomic E-state index is 0.0519. The molecule has 1 amide bonds. The van der Waals surface area contributed by atoms with E-state index >= 15 is 0 Å². The standard InChI is InChI=1S/C15H23NO2/c1-5-8-16-15(17)10-13-9-12(11(2)3)6-7-14(13)18-4/h6-7,9,11H,5,8,10H2,1-4H3,(H,16,17). The van der Waals surface area contributed by atoms with Crippen molar-refractivity contribution in [2.24, 2.45) is 0 Å². The molecule has 1 N–H and O–H groups in total. The predicted molar refractivity (Wildman–Crippen MR) is 74.1 cm³/mol. The first-order valence-electron chi connectivity index (χ1n) is 6.52. The molecule has 0 saturated heterocycles. The lowest BCUT2D eigenvalue weighted by molar-refractivity contribution is -0.120. The monoisotopic (exact) mass is 249 g/mol. The first-order valence-corrected chi connectivity index (χ1v) is 6.52. The maximum Gasteiger partial charge on any atom is 0.224 e. The Bertz CT molecular complexity index is 399. The fraction of sp³-hybridized carbons (Fsp3) is 0.533. The molecule has 100 valence electrons. The van der Waals surface area contributed by atoms with Crippen LogP contribution in [0.25, 0.3) is 0 Å². The van der Waals surface area contributed by atoms with E-state index in [1.807, 2.05) is 13.0 Å². The number of benzene rings is 1. The van der Waals surface area contributed by atoms with Gasteiger partial charge >= 0.3 is 0 Å². The highest BCUT2D eigenvalue weighted by Gasteiger charge is 2.10. The summed E-state index contributed by atoms with van der Waals surface area (Å²) in [7, 11) is 1.64. The van der Waals surface area contributed by atoms with Crippen molar-refractivity contribution in [1.29, 1.82) is 0 Å². The van der Waals surface area contributed by atoms with Crippen molar-refractivity contribution >= 4 is 5.91 Å². The lowest BCUT2D eigenvalue weighted by Gasteiger charge is -2.12. The van der Waals surface area contributed by atoms with Gasteiger partial charge in [0, 0.05) is 12.1 Å². The van der Waals surface area contributed by atoms with E-state index in [-0.39, 0.29) is 5.91 Å². The number of amides is 1. The van der Waals surface area contributed by atoms with Gasteiger partial charge in [-0.05, 0) is 24.0 Å². The van der Waals surface area contributed by atoms with E-state index in [1.165, 1.54) is 5.56 Å². The van der Waals surface area contributed by atoms with Crippen molar-refractivity contribution in [3.63, 3.8) is 0 Å². The fourth-order valence-electron chi connectivity index (χ4n) is 1.80. The van der Waals surface area contributed by atoms with Gasteiger partial charge in [0.25, 0.3) is 0 Å². The number of hydrogen-bond donors (Lipinski definition) is 1. The molecule has 0 unspecified atom stereocenters. The molecule has 0 bridgehead atoms. The van der Waals surface area contributed by atoms with E-state index in [0.717, 1.165) is 24.3 Å². The molecule has 0 spiro atoms. The Morgan fingerprint density at radius 2 is 2.11 bits per heavy atom.